The van der Waals surface area contributed by atoms with E-state index in [1.54, 1.807) is 6.08 Å². The van der Waals surface area contributed by atoms with Crippen LogP contribution in [0, 0.1) is 11.3 Å². The number of aliphatic hydroxyl groups excluding tert-OH is 1. The van der Waals surface area contributed by atoms with Crippen LogP contribution in [0.5, 0.6) is 0 Å². The summed E-state index contributed by atoms with van der Waals surface area (Å²) >= 11 is 0. The Kier molecular flexibility index (Phi) is 5.81. The molecule has 0 aromatic heterocycles. The smallest absolute Gasteiger partial charge is 0.126 e. The van der Waals surface area contributed by atoms with E-state index in [4.69, 9.17) is 16.9 Å². The fourth-order valence-corrected chi connectivity index (χ4v) is 1.38. The molecule has 0 fully saturated rings. The molecule has 0 aliphatic carbocycles. The third kappa shape index (κ3) is 3.81. The lowest BCUT2D eigenvalue weighted by molar-refractivity contribution is 0.168. The highest BCUT2D eigenvalue weighted by Gasteiger charge is 2.28. The molecule has 0 radical (unpaired) electrons. The van der Waals surface area contributed by atoms with E-state index in [-0.39, 0.29) is 17.8 Å². The SMILES string of the molecule is C=CC[C@H](N=C)[C@H](C)[C@@H](N)[C@@H](O)C(=N)N. The van der Waals surface area contributed by atoms with Crippen molar-refractivity contribution in [1.82, 2.24) is 0 Å². The zero-order valence-corrected chi connectivity index (χ0v) is 9.06. The molecule has 0 amide bonds. The maximum atomic E-state index is 9.52. The lowest BCUT2D eigenvalue weighted by Crippen LogP contribution is -2.50. The molecule has 5 heteroatoms. The highest BCUT2D eigenvalue weighted by atomic mass is 16.3. The summed E-state index contributed by atoms with van der Waals surface area (Å²) in [6.45, 7) is 8.93. The number of hydrogen-bond acceptors (Lipinski definition) is 4. The highest BCUT2D eigenvalue weighted by Crippen LogP contribution is 2.16. The Labute approximate surface area is 90.4 Å². The van der Waals surface area contributed by atoms with Crippen molar-refractivity contribution in [2.24, 2.45) is 22.4 Å². The van der Waals surface area contributed by atoms with E-state index in [9.17, 15) is 5.11 Å². The van der Waals surface area contributed by atoms with E-state index in [2.05, 4.69) is 18.3 Å². The first-order chi connectivity index (χ1) is 6.95. The van der Waals surface area contributed by atoms with Crippen LogP contribution in [0.4, 0.5) is 0 Å². The van der Waals surface area contributed by atoms with E-state index >= 15 is 0 Å². The number of aliphatic hydroxyl groups is 1. The van der Waals surface area contributed by atoms with Crippen molar-refractivity contribution in [3.05, 3.63) is 12.7 Å². The van der Waals surface area contributed by atoms with Crippen molar-refractivity contribution in [3.63, 3.8) is 0 Å². The Bertz CT molecular complexity index is 242. The first-order valence-electron chi connectivity index (χ1n) is 4.80. The maximum Gasteiger partial charge on any atom is 0.126 e. The molecule has 0 aliphatic heterocycles. The zero-order chi connectivity index (χ0) is 12.0. The van der Waals surface area contributed by atoms with Crippen LogP contribution in [0.1, 0.15) is 13.3 Å². The van der Waals surface area contributed by atoms with Crippen LogP contribution in [0.3, 0.4) is 0 Å². The average molecular weight is 212 g/mol. The third-order valence-corrected chi connectivity index (χ3v) is 2.54. The minimum absolute atomic E-state index is 0.105. The van der Waals surface area contributed by atoms with Gasteiger partial charge in [-0.3, -0.25) is 10.4 Å². The van der Waals surface area contributed by atoms with Gasteiger partial charge in [0.05, 0.1) is 6.04 Å². The lowest BCUT2D eigenvalue weighted by atomic mass is 9.88. The lowest BCUT2D eigenvalue weighted by Gasteiger charge is -2.28. The van der Waals surface area contributed by atoms with Crippen molar-refractivity contribution in [2.75, 3.05) is 0 Å². The number of nitrogens with two attached hydrogens (primary N) is 2. The highest BCUT2D eigenvalue weighted by molar-refractivity contribution is 5.82. The molecule has 0 rings (SSSR count). The van der Waals surface area contributed by atoms with Gasteiger partial charge in [0.1, 0.15) is 11.9 Å². The first kappa shape index (κ1) is 13.8. The Hall–Kier alpha value is -1.20. The summed E-state index contributed by atoms with van der Waals surface area (Å²) in [5, 5.41) is 16.6. The van der Waals surface area contributed by atoms with Gasteiger partial charge in [-0.05, 0) is 19.1 Å². The van der Waals surface area contributed by atoms with Crippen LogP contribution in [0.25, 0.3) is 0 Å². The number of rotatable bonds is 7. The average Bonchev–Trinajstić information content (AvgIpc) is 2.22. The molecule has 0 saturated heterocycles. The Morgan fingerprint density at radius 2 is 2.20 bits per heavy atom. The second-order valence-electron chi connectivity index (χ2n) is 3.61. The van der Waals surface area contributed by atoms with Crippen molar-refractivity contribution < 1.29 is 5.11 Å². The van der Waals surface area contributed by atoms with Gasteiger partial charge in [-0.15, -0.1) is 6.58 Å². The van der Waals surface area contributed by atoms with E-state index < -0.39 is 12.1 Å². The summed E-state index contributed by atoms with van der Waals surface area (Å²) in [5.41, 5.74) is 11.0. The van der Waals surface area contributed by atoms with Crippen molar-refractivity contribution >= 4 is 12.6 Å². The van der Waals surface area contributed by atoms with Crippen LogP contribution >= 0.6 is 0 Å². The van der Waals surface area contributed by atoms with Crippen LogP contribution < -0.4 is 11.5 Å². The van der Waals surface area contributed by atoms with E-state index in [1.165, 1.54) is 0 Å². The second-order valence-corrected chi connectivity index (χ2v) is 3.61. The van der Waals surface area contributed by atoms with Crippen LogP contribution in [0.2, 0.25) is 0 Å². The molecule has 0 aliphatic rings. The molecular weight excluding hydrogens is 192 g/mol. The molecule has 0 unspecified atom stereocenters. The van der Waals surface area contributed by atoms with Gasteiger partial charge in [-0.1, -0.05) is 13.0 Å². The largest absolute Gasteiger partial charge is 0.385 e. The maximum absolute atomic E-state index is 9.52. The number of nitrogens with zero attached hydrogens (tertiary/aromatic N) is 1. The fourth-order valence-electron chi connectivity index (χ4n) is 1.38. The summed E-state index contributed by atoms with van der Waals surface area (Å²) in [6, 6.07) is -0.718. The number of hydrogen-bond donors (Lipinski definition) is 4. The molecule has 0 heterocycles. The molecule has 4 atom stereocenters. The predicted octanol–water partition coefficient (Wildman–Crippen LogP) is -0.108. The van der Waals surface area contributed by atoms with Gasteiger partial charge in [0.15, 0.2) is 0 Å². The molecule has 0 aromatic carbocycles. The van der Waals surface area contributed by atoms with Crippen LogP contribution in [0.15, 0.2) is 17.6 Å². The van der Waals surface area contributed by atoms with Crippen molar-refractivity contribution in [3.8, 4) is 0 Å². The molecule has 0 saturated carbocycles. The number of aliphatic imine (C=N–C) groups is 1. The third-order valence-electron chi connectivity index (χ3n) is 2.54. The molecule has 5 nitrogen and oxygen atoms in total. The summed E-state index contributed by atoms with van der Waals surface area (Å²) in [6.07, 6.45) is 1.24. The quantitative estimate of drug-likeness (QED) is 0.268. The van der Waals surface area contributed by atoms with E-state index in [0.29, 0.717) is 6.42 Å². The van der Waals surface area contributed by atoms with Crippen LogP contribution in [-0.4, -0.2) is 35.8 Å². The van der Waals surface area contributed by atoms with E-state index in [1.807, 2.05) is 6.92 Å². The van der Waals surface area contributed by atoms with Crippen molar-refractivity contribution in [2.45, 2.75) is 31.5 Å². The van der Waals surface area contributed by atoms with Gasteiger partial charge in [0, 0.05) is 6.04 Å². The summed E-state index contributed by atoms with van der Waals surface area (Å²) in [7, 11) is 0. The molecule has 15 heavy (non-hydrogen) atoms. The van der Waals surface area contributed by atoms with Gasteiger partial charge < -0.3 is 16.6 Å². The molecule has 0 spiro atoms. The molecule has 0 aromatic rings. The Morgan fingerprint density at radius 1 is 1.67 bits per heavy atom. The second kappa shape index (κ2) is 6.31. The minimum Gasteiger partial charge on any atom is -0.385 e. The molecular formula is C10H20N4O. The number of amidine groups is 1. The fraction of sp³-hybridized carbons (Fsp3) is 0.600. The standard InChI is InChI=1S/C10H20N4O/c1-4-5-7(14-3)6(2)8(11)9(15)10(12)13/h4,6-9,15H,1,3,5,11H2,2H3,(H3,12,13)/t6-,7-,8+,9+/m0/s1. The predicted molar refractivity (Wildman–Crippen MR) is 63.2 cm³/mol. The van der Waals surface area contributed by atoms with E-state index in [0.717, 1.165) is 0 Å². The van der Waals surface area contributed by atoms with Gasteiger partial charge in [-0.2, -0.15) is 0 Å². The molecule has 86 valence electrons. The van der Waals surface area contributed by atoms with Gasteiger partial charge in [0.2, 0.25) is 0 Å². The van der Waals surface area contributed by atoms with Gasteiger partial charge >= 0.3 is 0 Å². The Morgan fingerprint density at radius 3 is 2.53 bits per heavy atom. The van der Waals surface area contributed by atoms with Crippen LogP contribution in [-0.2, 0) is 0 Å². The van der Waals surface area contributed by atoms with Crippen molar-refractivity contribution in [1.29, 1.82) is 5.41 Å². The zero-order valence-electron chi connectivity index (χ0n) is 9.06. The minimum atomic E-state index is -1.13. The van der Waals surface area contributed by atoms with Gasteiger partial charge in [0.25, 0.3) is 0 Å². The first-order valence-corrected chi connectivity index (χ1v) is 4.80. The molecule has 6 N–H and O–H groups in total. The number of nitrogens with one attached hydrogen (secondary N) is 1. The summed E-state index contributed by atoms with van der Waals surface area (Å²) in [4.78, 5) is 3.92. The summed E-state index contributed by atoms with van der Waals surface area (Å²) in [5.74, 6) is -0.435. The topological polar surface area (TPSA) is 108 Å². The molecule has 0 bridgehead atoms. The van der Waals surface area contributed by atoms with Gasteiger partial charge in [-0.25, -0.2) is 0 Å². The normalized spacial score (nSPS) is 18.6. The summed E-state index contributed by atoms with van der Waals surface area (Å²) < 4.78 is 0. The Balaban J connectivity index is 4.51. The monoisotopic (exact) mass is 212 g/mol.